The molecule has 1 N–H and O–H groups in total. The minimum Gasteiger partial charge on any atom is -0.492 e. The van der Waals surface area contributed by atoms with Gasteiger partial charge in [-0.3, -0.25) is 9.69 Å². The third kappa shape index (κ3) is 5.47. The molecule has 2 rings (SSSR count). The van der Waals surface area contributed by atoms with Crippen LogP contribution < -0.4 is 10.1 Å². The second-order valence-electron chi connectivity index (χ2n) is 6.20. The van der Waals surface area contributed by atoms with Crippen LogP contribution >= 0.6 is 11.6 Å². The second kappa shape index (κ2) is 8.87. The lowest BCUT2D eigenvalue weighted by atomic mass is 10.2. The van der Waals surface area contributed by atoms with Crippen LogP contribution in [0.5, 0.6) is 5.75 Å². The Morgan fingerprint density at radius 2 is 1.96 bits per heavy atom. The number of amides is 1. The molecule has 6 nitrogen and oxygen atoms in total. The van der Waals surface area contributed by atoms with Crippen LogP contribution in [0.4, 0.5) is 5.82 Å². The molecule has 1 unspecified atom stereocenters. The standard InChI is InChI=1S/C18H25ClN4O2/c1-13(2)23-17(9-10-20-23)21-18(24)14(3)22(4)11-12-25-16-7-5-15(19)6-8-16/h5-10,13-14H,11-12H2,1-4H3,(H,21,24). The van der Waals surface area contributed by atoms with Gasteiger partial charge in [-0.25, -0.2) is 4.68 Å². The van der Waals surface area contributed by atoms with Crippen LogP contribution in [0, 0.1) is 0 Å². The minimum absolute atomic E-state index is 0.0728. The largest absolute Gasteiger partial charge is 0.492 e. The van der Waals surface area contributed by atoms with Crippen molar-refractivity contribution in [1.82, 2.24) is 14.7 Å². The maximum Gasteiger partial charge on any atom is 0.242 e. The summed E-state index contributed by atoms with van der Waals surface area (Å²) in [4.78, 5) is 14.4. The zero-order valence-corrected chi connectivity index (χ0v) is 15.8. The summed E-state index contributed by atoms with van der Waals surface area (Å²) in [6.45, 7) is 7.02. The van der Waals surface area contributed by atoms with Crippen LogP contribution in [0.1, 0.15) is 26.8 Å². The normalized spacial score (nSPS) is 12.4. The summed E-state index contributed by atoms with van der Waals surface area (Å²) < 4.78 is 7.46. The van der Waals surface area contributed by atoms with Crippen LogP contribution in [-0.4, -0.2) is 46.8 Å². The van der Waals surface area contributed by atoms with Crippen molar-refractivity contribution < 1.29 is 9.53 Å². The first-order chi connectivity index (χ1) is 11.9. The Hall–Kier alpha value is -2.05. The highest BCUT2D eigenvalue weighted by Crippen LogP contribution is 2.16. The molecule has 0 aliphatic carbocycles. The predicted octanol–water partition coefficient (Wildman–Crippen LogP) is 3.46. The summed E-state index contributed by atoms with van der Waals surface area (Å²) in [7, 11) is 1.90. The summed E-state index contributed by atoms with van der Waals surface area (Å²) in [5, 5.41) is 7.83. The number of likely N-dealkylation sites (N-methyl/N-ethyl adjacent to an activating group) is 1. The van der Waals surface area contributed by atoms with E-state index in [1.807, 2.05) is 44.9 Å². The van der Waals surface area contributed by atoms with E-state index in [0.717, 1.165) is 5.75 Å². The number of carbonyl (C=O) groups excluding carboxylic acids is 1. The third-order valence-electron chi connectivity index (χ3n) is 3.98. The number of ether oxygens (including phenoxy) is 1. The van der Waals surface area contributed by atoms with Crippen molar-refractivity contribution in [1.29, 1.82) is 0 Å². The van der Waals surface area contributed by atoms with E-state index < -0.39 is 0 Å². The number of anilines is 1. The Balaban J connectivity index is 1.82. The summed E-state index contributed by atoms with van der Waals surface area (Å²) in [5.74, 6) is 1.39. The van der Waals surface area contributed by atoms with Gasteiger partial charge in [-0.2, -0.15) is 5.10 Å². The van der Waals surface area contributed by atoms with Gasteiger partial charge in [-0.05, 0) is 52.1 Å². The van der Waals surface area contributed by atoms with E-state index in [-0.39, 0.29) is 18.0 Å². The molecule has 0 aliphatic rings. The fourth-order valence-corrected chi connectivity index (χ4v) is 2.41. The smallest absolute Gasteiger partial charge is 0.242 e. The van der Waals surface area contributed by atoms with Crippen LogP contribution in [-0.2, 0) is 4.79 Å². The van der Waals surface area contributed by atoms with Crippen molar-refractivity contribution in [2.75, 3.05) is 25.5 Å². The number of carbonyl (C=O) groups is 1. The van der Waals surface area contributed by atoms with E-state index >= 15 is 0 Å². The Labute approximate surface area is 153 Å². The van der Waals surface area contributed by atoms with Crippen LogP contribution in [0.2, 0.25) is 5.02 Å². The SMILES string of the molecule is CC(C(=O)Nc1ccnn1C(C)C)N(C)CCOc1ccc(Cl)cc1. The molecule has 1 atom stereocenters. The van der Waals surface area contributed by atoms with Crippen molar-refractivity contribution in [3.05, 3.63) is 41.6 Å². The number of nitrogens with one attached hydrogen (secondary N) is 1. The van der Waals surface area contributed by atoms with Gasteiger partial charge in [0.25, 0.3) is 0 Å². The molecule has 0 saturated heterocycles. The van der Waals surface area contributed by atoms with E-state index in [9.17, 15) is 4.79 Å². The van der Waals surface area contributed by atoms with Gasteiger partial charge in [0, 0.05) is 23.7 Å². The van der Waals surface area contributed by atoms with Crippen LogP contribution in [0.3, 0.4) is 0 Å². The number of benzene rings is 1. The molecule has 0 fully saturated rings. The average Bonchev–Trinajstić information content (AvgIpc) is 3.04. The molecule has 0 saturated carbocycles. The molecule has 2 aromatic rings. The topological polar surface area (TPSA) is 59.4 Å². The quantitative estimate of drug-likeness (QED) is 0.779. The highest BCUT2D eigenvalue weighted by Gasteiger charge is 2.19. The molecule has 0 aliphatic heterocycles. The first-order valence-electron chi connectivity index (χ1n) is 8.31. The number of halogens is 1. The van der Waals surface area contributed by atoms with Gasteiger partial charge in [-0.15, -0.1) is 0 Å². The lowest BCUT2D eigenvalue weighted by molar-refractivity contribution is -0.120. The number of hydrogen-bond acceptors (Lipinski definition) is 4. The lowest BCUT2D eigenvalue weighted by Crippen LogP contribution is -2.41. The highest BCUT2D eigenvalue weighted by atomic mass is 35.5. The van der Waals surface area contributed by atoms with Gasteiger partial charge in [-0.1, -0.05) is 11.6 Å². The molecule has 25 heavy (non-hydrogen) atoms. The minimum atomic E-state index is -0.288. The predicted molar refractivity (Wildman–Crippen MR) is 100 cm³/mol. The molecule has 7 heteroatoms. The highest BCUT2D eigenvalue weighted by molar-refractivity contribution is 6.30. The number of nitrogens with zero attached hydrogens (tertiary/aromatic N) is 3. The summed E-state index contributed by atoms with van der Waals surface area (Å²) in [5.41, 5.74) is 0. The van der Waals surface area contributed by atoms with Crippen LogP contribution in [0.15, 0.2) is 36.5 Å². The molecule has 136 valence electrons. The van der Waals surface area contributed by atoms with Crippen molar-refractivity contribution >= 4 is 23.3 Å². The number of hydrogen-bond donors (Lipinski definition) is 1. The molecule has 1 aromatic carbocycles. The maximum absolute atomic E-state index is 12.4. The van der Waals surface area contributed by atoms with Crippen molar-refractivity contribution in [3.8, 4) is 5.75 Å². The second-order valence-corrected chi connectivity index (χ2v) is 6.64. The Kier molecular flexibility index (Phi) is 6.84. The Morgan fingerprint density at radius 1 is 1.28 bits per heavy atom. The first-order valence-corrected chi connectivity index (χ1v) is 8.69. The molecule has 0 bridgehead atoms. The first kappa shape index (κ1) is 19.3. The fraction of sp³-hybridized carbons (Fsp3) is 0.444. The zero-order valence-electron chi connectivity index (χ0n) is 15.1. The number of aromatic nitrogens is 2. The third-order valence-corrected chi connectivity index (χ3v) is 4.23. The average molecular weight is 365 g/mol. The van der Waals surface area contributed by atoms with Gasteiger partial charge < -0.3 is 10.1 Å². The molecule has 1 amide bonds. The van der Waals surface area contributed by atoms with Crippen molar-refractivity contribution in [3.63, 3.8) is 0 Å². The fourth-order valence-electron chi connectivity index (χ4n) is 2.29. The van der Waals surface area contributed by atoms with Gasteiger partial charge in [0.15, 0.2) is 0 Å². The summed E-state index contributed by atoms with van der Waals surface area (Å²) in [6, 6.07) is 8.92. The maximum atomic E-state index is 12.4. The van der Waals surface area contributed by atoms with Crippen LogP contribution in [0.25, 0.3) is 0 Å². The molecular formula is C18H25ClN4O2. The van der Waals surface area contributed by atoms with Gasteiger partial charge in [0.2, 0.25) is 5.91 Å². The molecular weight excluding hydrogens is 340 g/mol. The van der Waals surface area contributed by atoms with Crippen molar-refractivity contribution in [2.24, 2.45) is 0 Å². The summed E-state index contributed by atoms with van der Waals surface area (Å²) >= 11 is 5.85. The molecule has 0 radical (unpaired) electrons. The van der Waals surface area contributed by atoms with Gasteiger partial charge in [0.05, 0.1) is 12.2 Å². The van der Waals surface area contributed by atoms with Gasteiger partial charge >= 0.3 is 0 Å². The zero-order chi connectivity index (χ0) is 18.4. The lowest BCUT2D eigenvalue weighted by Gasteiger charge is -2.24. The van der Waals surface area contributed by atoms with E-state index in [1.54, 1.807) is 29.1 Å². The Bertz CT molecular complexity index is 685. The molecule has 0 spiro atoms. The van der Waals surface area contributed by atoms with Crippen molar-refractivity contribution in [2.45, 2.75) is 32.9 Å². The molecule has 1 aromatic heterocycles. The van der Waals surface area contributed by atoms with E-state index in [4.69, 9.17) is 16.3 Å². The van der Waals surface area contributed by atoms with E-state index in [0.29, 0.717) is 24.0 Å². The van der Waals surface area contributed by atoms with E-state index in [2.05, 4.69) is 10.4 Å². The van der Waals surface area contributed by atoms with E-state index in [1.165, 1.54) is 0 Å². The summed E-state index contributed by atoms with van der Waals surface area (Å²) in [6.07, 6.45) is 1.68. The number of rotatable bonds is 8. The Morgan fingerprint density at radius 3 is 2.60 bits per heavy atom. The molecule has 1 heterocycles. The monoisotopic (exact) mass is 364 g/mol. The van der Waals surface area contributed by atoms with Gasteiger partial charge in [0.1, 0.15) is 18.2 Å².